The minimum Gasteiger partial charge on any atom is -0.453 e. The van der Waals surface area contributed by atoms with Crippen molar-refractivity contribution in [2.45, 2.75) is 18.9 Å². The Hall–Kier alpha value is -1.66. The van der Waals surface area contributed by atoms with Crippen molar-refractivity contribution >= 4 is 6.09 Å². The Morgan fingerprint density at radius 3 is 3.09 bits per heavy atom. The van der Waals surface area contributed by atoms with Crippen LogP contribution >= 0.6 is 0 Å². The summed E-state index contributed by atoms with van der Waals surface area (Å²) in [7, 11) is 1.32. The van der Waals surface area contributed by atoms with E-state index in [1.54, 1.807) is 6.07 Å². The Morgan fingerprint density at radius 2 is 2.41 bits per heavy atom. The second-order valence-corrected chi connectivity index (χ2v) is 5.37. The first kappa shape index (κ1) is 16.7. The van der Waals surface area contributed by atoms with Gasteiger partial charge in [0, 0.05) is 19.0 Å². The second kappa shape index (κ2) is 8.70. The number of halogens is 1. The van der Waals surface area contributed by atoms with Crippen LogP contribution in [0.5, 0.6) is 0 Å². The molecule has 0 aliphatic carbocycles. The summed E-state index contributed by atoms with van der Waals surface area (Å²) in [4.78, 5) is 11.0. The summed E-state index contributed by atoms with van der Waals surface area (Å²) in [5.74, 6) is 0.0382. The molecule has 122 valence electrons. The van der Waals surface area contributed by atoms with Gasteiger partial charge in [0.25, 0.3) is 0 Å². The number of amides is 1. The molecule has 1 aliphatic heterocycles. The number of nitrogens with one attached hydrogen (secondary N) is 2. The van der Waals surface area contributed by atoms with Crippen molar-refractivity contribution in [2.24, 2.45) is 5.92 Å². The Kier molecular flexibility index (Phi) is 6.61. The minimum atomic E-state index is -0.481. The maximum atomic E-state index is 13.5. The van der Waals surface area contributed by atoms with Gasteiger partial charge in [0.1, 0.15) is 5.82 Å². The summed E-state index contributed by atoms with van der Waals surface area (Å²) in [5.41, 5.74) is 0.840. The first-order valence-corrected chi connectivity index (χ1v) is 7.60. The Labute approximate surface area is 130 Å². The fraction of sp³-hybridized carbons (Fsp3) is 0.562. The average Bonchev–Trinajstić information content (AvgIpc) is 2.55. The lowest BCUT2D eigenvalue weighted by Crippen LogP contribution is -2.35. The largest absolute Gasteiger partial charge is 0.453 e. The van der Waals surface area contributed by atoms with Gasteiger partial charge in [-0.25, -0.2) is 9.18 Å². The first-order chi connectivity index (χ1) is 10.7. The first-order valence-electron chi connectivity index (χ1n) is 7.60. The summed E-state index contributed by atoms with van der Waals surface area (Å²) in [6.45, 7) is 2.58. The predicted molar refractivity (Wildman–Crippen MR) is 81.1 cm³/mol. The molecular formula is C16H23FN2O3. The Balaban J connectivity index is 1.97. The fourth-order valence-corrected chi connectivity index (χ4v) is 2.74. The van der Waals surface area contributed by atoms with Gasteiger partial charge in [0.15, 0.2) is 0 Å². The van der Waals surface area contributed by atoms with Crippen molar-refractivity contribution in [3.63, 3.8) is 0 Å². The van der Waals surface area contributed by atoms with Crippen molar-refractivity contribution in [3.8, 4) is 0 Å². The van der Waals surface area contributed by atoms with Crippen molar-refractivity contribution in [3.05, 3.63) is 35.6 Å². The van der Waals surface area contributed by atoms with E-state index in [9.17, 15) is 9.18 Å². The molecule has 0 spiro atoms. The molecule has 1 heterocycles. The number of carbonyl (C=O) groups is 1. The number of hydrogen-bond acceptors (Lipinski definition) is 4. The predicted octanol–water partition coefficient (Wildman–Crippen LogP) is 2.24. The average molecular weight is 310 g/mol. The second-order valence-electron chi connectivity index (χ2n) is 5.37. The van der Waals surface area contributed by atoms with Gasteiger partial charge in [-0.05, 0) is 37.1 Å². The van der Waals surface area contributed by atoms with Gasteiger partial charge in [0.05, 0.1) is 19.8 Å². The van der Waals surface area contributed by atoms with Crippen LogP contribution in [-0.4, -0.2) is 39.4 Å². The standard InChI is InChI=1S/C16H23FN2O3/c1-21-16(20)19-8-9-22-15(13-5-3-7-18-11-13)12-4-2-6-14(17)10-12/h2,4,6,10,13,15,18H,3,5,7-9,11H2,1H3,(H,19,20)/t13-,15+/m1/s1. The molecule has 2 N–H and O–H groups in total. The van der Waals surface area contributed by atoms with Crippen LogP contribution in [0.4, 0.5) is 9.18 Å². The Bertz CT molecular complexity index is 478. The molecule has 1 amide bonds. The normalized spacial score (nSPS) is 19.5. The SMILES string of the molecule is COC(=O)NCCO[C@@H](c1cccc(F)c1)[C@@H]1CCCNC1. The molecule has 22 heavy (non-hydrogen) atoms. The smallest absolute Gasteiger partial charge is 0.406 e. The summed E-state index contributed by atoms with van der Waals surface area (Å²) >= 11 is 0. The van der Waals surface area contributed by atoms with E-state index in [0.29, 0.717) is 19.1 Å². The van der Waals surface area contributed by atoms with Crippen molar-refractivity contribution in [1.82, 2.24) is 10.6 Å². The van der Waals surface area contributed by atoms with Crippen LogP contribution in [0.3, 0.4) is 0 Å². The summed E-state index contributed by atoms with van der Waals surface area (Å²) < 4.78 is 23.9. The van der Waals surface area contributed by atoms with Gasteiger partial charge in [-0.1, -0.05) is 12.1 Å². The highest BCUT2D eigenvalue weighted by atomic mass is 19.1. The van der Waals surface area contributed by atoms with Gasteiger partial charge in [-0.15, -0.1) is 0 Å². The minimum absolute atomic E-state index is 0.178. The molecule has 1 fully saturated rings. The van der Waals surface area contributed by atoms with E-state index in [0.717, 1.165) is 31.5 Å². The molecule has 1 aromatic rings. The molecule has 1 aromatic carbocycles. The molecule has 0 aromatic heterocycles. The van der Waals surface area contributed by atoms with E-state index in [1.165, 1.54) is 19.2 Å². The van der Waals surface area contributed by atoms with Crippen LogP contribution in [0.15, 0.2) is 24.3 Å². The molecule has 0 saturated carbocycles. The third kappa shape index (κ3) is 4.96. The lowest BCUT2D eigenvalue weighted by molar-refractivity contribution is 0.00458. The molecule has 2 rings (SSSR count). The number of carbonyl (C=O) groups excluding carboxylic acids is 1. The highest BCUT2D eigenvalue weighted by molar-refractivity contribution is 5.66. The third-order valence-electron chi connectivity index (χ3n) is 3.79. The number of hydrogen-bond donors (Lipinski definition) is 2. The van der Waals surface area contributed by atoms with Crippen LogP contribution in [0.25, 0.3) is 0 Å². The van der Waals surface area contributed by atoms with Gasteiger partial charge < -0.3 is 20.1 Å². The van der Waals surface area contributed by atoms with E-state index in [4.69, 9.17) is 4.74 Å². The highest BCUT2D eigenvalue weighted by Gasteiger charge is 2.26. The third-order valence-corrected chi connectivity index (χ3v) is 3.79. The zero-order valence-electron chi connectivity index (χ0n) is 12.8. The maximum Gasteiger partial charge on any atom is 0.406 e. The molecule has 0 unspecified atom stereocenters. The highest BCUT2D eigenvalue weighted by Crippen LogP contribution is 2.30. The summed E-state index contributed by atoms with van der Waals surface area (Å²) in [6, 6.07) is 6.53. The van der Waals surface area contributed by atoms with Crippen molar-refractivity contribution in [2.75, 3.05) is 33.4 Å². The van der Waals surface area contributed by atoms with Gasteiger partial charge in [0.2, 0.25) is 0 Å². The lowest BCUT2D eigenvalue weighted by atomic mass is 9.89. The molecule has 2 atom stereocenters. The molecule has 6 heteroatoms. The molecule has 0 bridgehead atoms. The maximum absolute atomic E-state index is 13.5. The molecule has 5 nitrogen and oxygen atoms in total. The molecule has 1 saturated heterocycles. The number of piperidine rings is 1. The van der Waals surface area contributed by atoms with Gasteiger partial charge in [-0.3, -0.25) is 0 Å². The van der Waals surface area contributed by atoms with Crippen LogP contribution in [0.1, 0.15) is 24.5 Å². The van der Waals surface area contributed by atoms with Gasteiger partial charge in [-0.2, -0.15) is 0 Å². The van der Waals surface area contributed by atoms with Crippen LogP contribution in [0, 0.1) is 11.7 Å². The van der Waals surface area contributed by atoms with E-state index >= 15 is 0 Å². The van der Waals surface area contributed by atoms with Crippen LogP contribution in [-0.2, 0) is 9.47 Å². The molecular weight excluding hydrogens is 287 g/mol. The van der Waals surface area contributed by atoms with E-state index < -0.39 is 6.09 Å². The number of ether oxygens (including phenoxy) is 2. The number of alkyl carbamates (subject to hydrolysis) is 1. The lowest BCUT2D eigenvalue weighted by Gasteiger charge is -2.31. The van der Waals surface area contributed by atoms with Crippen molar-refractivity contribution < 1.29 is 18.7 Å². The number of benzene rings is 1. The van der Waals surface area contributed by atoms with Gasteiger partial charge >= 0.3 is 6.09 Å². The van der Waals surface area contributed by atoms with E-state index in [1.807, 2.05) is 6.07 Å². The van der Waals surface area contributed by atoms with Crippen LogP contribution < -0.4 is 10.6 Å². The zero-order chi connectivity index (χ0) is 15.8. The number of methoxy groups -OCH3 is 1. The monoisotopic (exact) mass is 310 g/mol. The topological polar surface area (TPSA) is 59.6 Å². The fourth-order valence-electron chi connectivity index (χ4n) is 2.74. The molecule has 1 aliphatic rings. The van der Waals surface area contributed by atoms with Crippen molar-refractivity contribution in [1.29, 1.82) is 0 Å². The zero-order valence-corrected chi connectivity index (χ0v) is 12.8. The summed E-state index contributed by atoms with van der Waals surface area (Å²) in [5, 5.41) is 5.93. The summed E-state index contributed by atoms with van der Waals surface area (Å²) in [6.07, 6.45) is 1.46. The quantitative estimate of drug-likeness (QED) is 0.791. The Morgan fingerprint density at radius 1 is 1.55 bits per heavy atom. The van der Waals surface area contributed by atoms with Crippen LogP contribution in [0.2, 0.25) is 0 Å². The van der Waals surface area contributed by atoms with E-state index in [-0.39, 0.29) is 11.9 Å². The number of rotatable bonds is 6. The molecule has 0 radical (unpaired) electrons. The van der Waals surface area contributed by atoms with E-state index in [2.05, 4.69) is 15.4 Å².